The molecule has 1 saturated heterocycles. The summed E-state index contributed by atoms with van der Waals surface area (Å²) in [5, 5.41) is 0. The summed E-state index contributed by atoms with van der Waals surface area (Å²) in [5.74, 6) is 0.338. The first kappa shape index (κ1) is 13.0. The van der Waals surface area contributed by atoms with Gasteiger partial charge in [0.25, 0.3) is 0 Å². The minimum Gasteiger partial charge on any atom is -0.342 e. The second-order valence-electron chi connectivity index (χ2n) is 4.45. The molecule has 4 nitrogen and oxygen atoms in total. The van der Waals surface area contributed by atoms with Gasteiger partial charge in [0, 0.05) is 33.1 Å². The fourth-order valence-corrected chi connectivity index (χ4v) is 2.02. The topological polar surface area (TPSA) is 40.6 Å². The molecule has 0 bridgehead atoms. The number of rotatable bonds is 5. The molecule has 2 amide bonds. The van der Waals surface area contributed by atoms with Gasteiger partial charge in [-0.15, -0.1) is 0 Å². The smallest absolute Gasteiger partial charge is 0.229 e. The second kappa shape index (κ2) is 5.87. The molecule has 0 atom stereocenters. The monoisotopic (exact) mass is 226 g/mol. The van der Waals surface area contributed by atoms with Gasteiger partial charge in [-0.05, 0) is 12.8 Å². The van der Waals surface area contributed by atoms with Crippen LogP contribution in [-0.4, -0.2) is 47.8 Å². The number of carbonyl (C=O) groups excluding carboxylic acids is 2. The van der Waals surface area contributed by atoms with Crippen LogP contribution >= 0.6 is 0 Å². The van der Waals surface area contributed by atoms with Crippen molar-refractivity contribution in [1.82, 2.24) is 9.80 Å². The Morgan fingerprint density at radius 3 is 2.06 bits per heavy atom. The number of carbonyl (C=O) groups is 2. The zero-order valence-corrected chi connectivity index (χ0v) is 10.5. The van der Waals surface area contributed by atoms with Crippen LogP contribution < -0.4 is 0 Å². The van der Waals surface area contributed by atoms with Crippen LogP contribution in [0.3, 0.4) is 0 Å². The van der Waals surface area contributed by atoms with Crippen molar-refractivity contribution in [1.29, 1.82) is 0 Å². The van der Waals surface area contributed by atoms with Crippen molar-refractivity contribution in [3.05, 3.63) is 0 Å². The van der Waals surface area contributed by atoms with E-state index in [9.17, 15) is 9.59 Å². The van der Waals surface area contributed by atoms with Crippen molar-refractivity contribution in [2.75, 3.05) is 26.2 Å². The fourth-order valence-electron chi connectivity index (χ4n) is 2.02. The Labute approximate surface area is 97.6 Å². The highest BCUT2D eigenvalue weighted by atomic mass is 16.2. The largest absolute Gasteiger partial charge is 0.342 e. The summed E-state index contributed by atoms with van der Waals surface area (Å²) in [5.41, 5.74) is 0. The molecule has 0 N–H and O–H groups in total. The Morgan fingerprint density at radius 2 is 1.69 bits per heavy atom. The van der Waals surface area contributed by atoms with Gasteiger partial charge in [0.15, 0.2) is 0 Å². The third kappa shape index (κ3) is 2.97. The van der Waals surface area contributed by atoms with E-state index in [1.54, 1.807) is 11.8 Å². The maximum Gasteiger partial charge on any atom is 0.229 e. The Bertz CT molecular complexity index is 254. The van der Waals surface area contributed by atoms with E-state index in [0.717, 1.165) is 25.9 Å². The Morgan fingerprint density at radius 1 is 1.19 bits per heavy atom. The SMILES string of the molecule is CCCN(CCC)C(=O)C1CN(C(C)=O)C1. The molecule has 1 rings (SSSR count). The van der Waals surface area contributed by atoms with E-state index >= 15 is 0 Å². The van der Waals surface area contributed by atoms with Crippen LogP contribution in [0.1, 0.15) is 33.6 Å². The molecule has 0 radical (unpaired) electrons. The summed E-state index contributed by atoms with van der Waals surface area (Å²) in [6.45, 7) is 8.61. The maximum atomic E-state index is 12.1. The highest BCUT2D eigenvalue weighted by Crippen LogP contribution is 2.18. The quantitative estimate of drug-likeness (QED) is 0.704. The van der Waals surface area contributed by atoms with Gasteiger partial charge < -0.3 is 9.80 Å². The van der Waals surface area contributed by atoms with E-state index in [1.165, 1.54) is 0 Å². The lowest BCUT2D eigenvalue weighted by Gasteiger charge is -2.40. The first-order chi connectivity index (χ1) is 7.60. The Balaban J connectivity index is 2.41. The molecular weight excluding hydrogens is 204 g/mol. The molecule has 1 aliphatic heterocycles. The lowest BCUT2D eigenvalue weighted by molar-refractivity contribution is -0.147. The van der Waals surface area contributed by atoms with Crippen molar-refractivity contribution in [3.63, 3.8) is 0 Å². The first-order valence-corrected chi connectivity index (χ1v) is 6.14. The van der Waals surface area contributed by atoms with Crippen LogP contribution in [-0.2, 0) is 9.59 Å². The number of hydrogen-bond donors (Lipinski definition) is 0. The molecule has 0 aromatic heterocycles. The zero-order chi connectivity index (χ0) is 12.1. The molecular formula is C12H22N2O2. The maximum absolute atomic E-state index is 12.1. The minimum atomic E-state index is 0.0435. The summed E-state index contributed by atoms with van der Waals surface area (Å²) < 4.78 is 0. The van der Waals surface area contributed by atoms with E-state index in [-0.39, 0.29) is 17.7 Å². The molecule has 1 aliphatic rings. The van der Waals surface area contributed by atoms with Gasteiger partial charge in [-0.3, -0.25) is 9.59 Å². The van der Waals surface area contributed by atoms with Crippen LogP contribution in [0.2, 0.25) is 0 Å². The molecule has 4 heteroatoms. The highest BCUT2D eigenvalue weighted by Gasteiger charge is 2.36. The number of amides is 2. The average Bonchev–Trinajstić information content (AvgIpc) is 2.14. The van der Waals surface area contributed by atoms with Crippen LogP contribution in [0.5, 0.6) is 0 Å². The molecule has 0 unspecified atom stereocenters. The molecule has 92 valence electrons. The summed E-state index contributed by atoms with van der Waals surface area (Å²) in [4.78, 5) is 26.7. The van der Waals surface area contributed by atoms with Gasteiger partial charge in [-0.1, -0.05) is 13.8 Å². The van der Waals surface area contributed by atoms with Crippen molar-refractivity contribution in [2.45, 2.75) is 33.6 Å². The van der Waals surface area contributed by atoms with Gasteiger partial charge in [-0.25, -0.2) is 0 Å². The molecule has 1 heterocycles. The molecule has 0 saturated carbocycles. The van der Waals surface area contributed by atoms with Crippen LogP contribution in [0.4, 0.5) is 0 Å². The molecule has 0 aromatic carbocycles. The van der Waals surface area contributed by atoms with E-state index in [1.807, 2.05) is 4.90 Å². The lowest BCUT2D eigenvalue weighted by Crippen LogP contribution is -2.56. The Kier molecular flexibility index (Phi) is 4.77. The predicted octanol–water partition coefficient (Wildman–Crippen LogP) is 1.11. The van der Waals surface area contributed by atoms with Gasteiger partial charge in [0.2, 0.25) is 11.8 Å². The Hall–Kier alpha value is -1.06. The summed E-state index contributed by atoms with van der Waals surface area (Å²) in [6.07, 6.45) is 1.99. The summed E-state index contributed by atoms with van der Waals surface area (Å²) in [6, 6.07) is 0. The van der Waals surface area contributed by atoms with Gasteiger partial charge in [0.1, 0.15) is 0 Å². The third-order valence-corrected chi connectivity index (χ3v) is 2.97. The second-order valence-corrected chi connectivity index (χ2v) is 4.45. The van der Waals surface area contributed by atoms with Crippen LogP contribution in [0.15, 0.2) is 0 Å². The van der Waals surface area contributed by atoms with Crippen molar-refractivity contribution in [3.8, 4) is 0 Å². The highest BCUT2D eigenvalue weighted by molar-refractivity contribution is 5.83. The van der Waals surface area contributed by atoms with Crippen LogP contribution in [0.25, 0.3) is 0 Å². The number of hydrogen-bond acceptors (Lipinski definition) is 2. The van der Waals surface area contributed by atoms with Gasteiger partial charge in [0.05, 0.1) is 5.92 Å². The van der Waals surface area contributed by atoms with Crippen molar-refractivity contribution in [2.24, 2.45) is 5.92 Å². The molecule has 0 spiro atoms. The molecule has 16 heavy (non-hydrogen) atoms. The van der Waals surface area contributed by atoms with E-state index in [0.29, 0.717) is 13.1 Å². The van der Waals surface area contributed by atoms with E-state index in [4.69, 9.17) is 0 Å². The minimum absolute atomic E-state index is 0.0435. The number of nitrogens with zero attached hydrogens (tertiary/aromatic N) is 2. The predicted molar refractivity (Wildman–Crippen MR) is 62.9 cm³/mol. The van der Waals surface area contributed by atoms with Crippen molar-refractivity contribution >= 4 is 11.8 Å². The standard InChI is InChI=1S/C12H22N2O2/c1-4-6-13(7-5-2)12(16)11-8-14(9-11)10(3)15/h11H,4-9H2,1-3H3. The zero-order valence-electron chi connectivity index (χ0n) is 10.5. The van der Waals surface area contributed by atoms with Crippen LogP contribution in [0, 0.1) is 5.92 Å². The number of likely N-dealkylation sites (tertiary alicyclic amines) is 1. The van der Waals surface area contributed by atoms with Gasteiger partial charge >= 0.3 is 0 Å². The van der Waals surface area contributed by atoms with E-state index < -0.39 is 0 Å². The third-order valence-electron chi connectivity index (χ3n) is 2.97. The molecule has 0 aromatic rings. The molecule has 0 aliphatic carbocycles. The fraction of sp³-hybridized carbons (Fsp3) is 0.833. The first-order valence-electron chi connectivity index (χ1n) is 6.14. The summed E-state index contributed by atoms with van der Waals surface area (Å²) in [7, 11) is 0. The van der Waals surface area contributed by atoms with Crippen molar-refractivity contribution < 1.29 is 9.59 Å². The normalized spacial score (nSPS) is 15.8. The lowest BCUT2D eigenvalue weighted by atomic mass is 9.98. The summed E-state index contributed by atoms with van der Waals surface area (Å²) >= 11 is 0. The van der Waals surface area contributed by atoms with E-state index in [2.05, 4.69) is 13.8 Å². The molecule has 1 fully saturated rings. The van der Waals surface area contributed by atoms with Gasteiger partial charge in [-0.2, -0.15) is 0 Å². The average molecular weight is 226 g/mol.